The Morgan fingerprint density at radius 2 is 2.09 bits per heavy atom. The number of rotatable bonds is 3. The Bertz CT molecular complexity index is 1070. The van der Waals surface area contributed by atoms with Crippen molar-refractivity contribution < 1.29 is 4.74 Å². The van der Waals surface area contributed by atoms with E-state index in [9.17, 15) is 4.79 Å². The van der Waals surface area contributed by atoms with Crippen LogP contribution in [0.3, 0.4) is 0 Å². The summed E-state index contributed by atoms with van der Waals surface area (Å²) >= 11 is 0. The number of hydrogen-bond acceptors (Lipinski definition) is 4. The number of imidazole rings is 1. The molecule has 1 aromatic carbocycles. The van der Waals surface area contributed by atoms with Gasteiger partial charge in [-0.2, -0.15) is 0 Å². The topological polar surface area (TPSA) is 72.8 Å². The van der Waals surface area contributed by atoms with Gasteiger partial charge in [-0.25, -0.2) is 9.78 Å². The second-order valence-corrected chi connectivity index (χ2v) is 5.09. The molecule has 3 aromatic heterocycles. The van der Waals surface area contributed by atoms with Crippen LogP contribution in [0.15, 0.2) is 53.6 Å². The van der Waals surface area contributed by atoms with Crippen molar-refractivity contribution in [3.63, 3.8) is 0 Å². The lowest BCUT2D eigenvalue weighted by Gasteiger charge is -2.09. The van der Waals surface area contributed by atoms with Gasteiger partial charge in [-0.3, -0.25) is 14.5 Å². The summed E-state index contributed by atoms with van der Waals surface area (Å²) < 4.78 is 7.23. The maximum Gasteiger partial charge on any atom is 0.332 e. The SMILES string of the molecule is CCOc1ccnc2[nH]c(=O)n(-c3ccc4ncccc4c3)c12. The van der Waals surface area contributed by atoms with Crippen molar-refractivity contribution in [3.8, 4) is 11.4 Å². The predicted octanol–water partition coefficient (Wildman–Crippen LogP) is 2.66. The largest absolute Gasteiger partial charge is 0.491 e. The molecule has 6 nitrogen and oxygen atoms in total. The first-order chi connectivity index (χ1) is 11.3. The Hall–Kier alpha value is -3.15. The van der Waals surface area contributed by atoms with E-state index < -0.39 is 0 Å². The summed E-state index contributed by atoms with van der Waals surface area (Å²) in [6, 6.07) is 11.3. The van der Waals surface area contributed by atoms with E-state index in [1.165, 1.54) is 0 Å². The zero-order valence-electron chi connectivity index (χ0n) is 12.5. The van der Waals surface area contributed by atoms with Gasteiger partial charge < -0.3 is 4.74 Å². The summed E-state index contributed by atoms with van der Waals surface area (Å²) in [5, 5.41) is 0.966. The van der Waals surface area contributed by atoms with E-state index in [1.807, 2.05) is 37.3 Å². The quantitative estimate of drug-likeness (QED) is 0.631. The Morgan fingerprint density at radius 3 is 2.96 bits per heavy atom. The molecule has 0 fully saturated rings. The molecule has 0 amide bonds. The fraction of sp³-hybridized carbons (Fsp3) is 0.118. The van der Waals surface area contributed by atoms with Gasteiger partial charge >= 0.3 is 5.69 Å². The first-order valence-corrected chi connectivity index (χ1v) is 7.35. The van der Waals surface area contributed by atoms with E-state index in [2.05, 4.69) is 15.0 Å². The fourth-order valence-corrected chi connectivity index (χ4v) is 2.72. The van der Waals surface area contributed by atoms with Gasteiger partial charge in [0.2, 0.25) is 0 Å². The summed E-state index contributed by atoms with van der Waals surface area (Å²) in [6.45, 7) is 2.42. The molecule has 0 radical (unpaired) electrons. The third-order valence-corrected chi connectivity index (χ3v) is 3.68. The molecule has 0 saturated heterocycles. The van der Waals surface area contributed by atoms with Crippen LogP contribution in [0.5, 0.6) is 5.75 Å². The van der Waals surface area contributed by atoms with Crippen LogP contribution in [0.2, 0.25) is 0 Å². The van der Waals surface area contributed by atoms with Gasteiger partial charge in [-0.1, -0.05) is 6.07 Å². The number of nitrogens with zero attached hydrogens (tertiary/aromatic N) is 3. The number of hydrogen-bond donors (Lipinski definition) is 1. The number of nitrogens with one attached hydrogen (secondary N) is 1. The van der Waals surface area contributed by atoms with Gasteiger partial charge in [-0.05, 0) is 31.2 Å². The number of fused-ring (bicyclic) bond motifs is 2. The molecular formula is C17H14N4O2. The highest BCUT2D eigenvalue weighted by molar-refractivity contribution is 5.84. The summed E-state index contributed by atoms with van der Waals surface area (Å²) in [4.78, 5) is 23.7. The molecule has 0 bridgehead atoms. The highest BCUT2D eigenvalue weighted by atomic mass is 16.5. The molecule has 4 rings (SSSR count). The second-order valence-electron chi connectivity index (χ2n) is 5.09. The summed E-state index contributed by atoms with van der Waals surface area (Å²) in [6.07, 6.45) is 3.37. The van der Waals surface area contributed by atoms with Crippen molar-refractivity contribution in [2.45, 2.75) is 6.92 Å². The van der Waals surface area contributed by atoms with Crippen molar-refractivity contribution in [1.82, 2.24) is 19.5 Å². The van der Waals surface area contributed by atoms with Gasteiger partial charge in [0.25, 0.3) is 0 Å². The second kappa shape index (κ2) is 5.24. The Kier molecular flexibility index (Phi) is 3.08. The van der Waals surface area contributed by atoms with Gasteiger partial charge in [0, 0.05) is 23.8 Å². The first-order valence-electron chi connectivity index (χ1n) is 7.35. The van der Waals surface area contributed by atoms with E-state index in [0.717, 1.165) is 16.6 Å². The molecule has 0 spiro atoms. The minimum absolute atomic E-state index is 0.247. The van der Waals surface area contributed by atoms with Crippen molar-refractivity contribution in [2.24, 2.45) is 0 Å². The van der Waals surface area contributed by atoms with Gasteiger partial charge in [-0.15, -0.1) is 0 Å². The Labute approximate surface area is 131 Å². The summed E-state index contributed by atoms with van der Waals surface area (Å²) in [5.41, 5.74) is 2.53. The normalized spacial score (nSPS) is 11.2. The molecule has 0 aliphatic heterocycles. The maximum absolute atomic E-state index is 12.4. The molecule has 0 aliphatic rings. The molecule has 4 aromatic rings. The van der Waals surface area contributed by atoms with E-state index in [0.29, 0.717) is 23.5 Å². The smallest absolute Gasteiger partial charge is 0.332 e. The first kappa shape index (κ1) is 13.5. The zero-order valence-corrected chi connectivity index (χ0v) is 12.5. The minimum Gasteiger partial charge on any atom is -0.491 e. The summed E-state index contributed by atoms with van der Waals surface area (Å²) in [5.74, 6) is 0.627. The molecular weight excluding hydrogens is 292 g/mol. The standard InChI is InChI=1S/C17H14N4O2/c1-2-23-14-7-9-19-16-15(14)21(17(22)20-16)12-5-6-13-11(10-12)4-3-8-18-13/h3-10H,2H2,1H3,(H,19,20,22). The molecule has 0 saturated carbocycles. The van der Waals surface area contributed by atoms with Crippen LogP contribution in [-0.4, -0.2) is 26.1 Å². The number of ether oxygens (including phenoxy) is 1. The Morgan fingerprint density at radius 1 is 1.17 bits per heavy atom. The van der Waals surface area contributed by atoms with Gasteiger partial charge in [0.05, 0.1) is 17.8 Å². The fourth-order valence-electron chi connectivity index (χ4n) is 2.72. The Balaban J connectivity index is 2.03. The average Bonchev–Trinajstić information content (AvgIpc) is 2.91. The van der Waals surface area contributed by atoms with Crippen LogP contribution in [-0.2, 0) is 0 Å². The molecule has 0 aliphatic carbocycles. The van der Waals surface area contributed by atoms with Gasteiger partial charge in [0.1, 0.15) is 11.3 Å². The molecule has 114 valence electrons. The number of aromatic nitrogens is 4. The third kappa shape index (κ3) is 2.15. The van der Waals surface area contributed by atoms with E-state index in [1.54, 1.807) is 23.0 Å². The minimum atomic E-state index is -0.247. The number of pyridine rings is 2. The zero-order chi connectivity index (χ0) is 15.8. The molecule has 6 heteroatoms. The summed E-state index contributed by atoms with van der Waals surface area (Å²) in [7, 11) is 0. The van der Waals surface area contributed by atoms with Crippen molar-refractivity contribution in [2.75, 3.05) is 6.61 Å². The number of H-pyrrole nitrogens is 1. The van der Waals surface area contributed by atoms with Crippen LogP contribution < -0.4 is 10.4 Å². The van der Waals surface area contributed by atoms with E-state index in [-0.39, 0.29) is 5.69 Å². The average molecular weight is 306 g/mol. The third-order valence-electron chi connectivity index (χ3n) is 3.68. The van der Waals surface area contributed by atoms with Crippen molar-refractivity contribution in [1.29, 1.82) is 0 Å². The highest BCUT2D eigenvalue weighted by Crippen LogP contribution is 2.25. The van der Waals surface area contributed by atoms with Crippen LogP contribution in [0.25, 0.3) is 27.8 Å². The molecule has 1 N–H and O–H groups in total. The lowest BCUT2D eigenvalue weighted by Crippen LogP contribution is -2.14. The van der Waals surface area contributed by atoms with Gasteiger partial charge in [0.15, 0.2) is 5.65 Å². The number of benzene rings is 1. The lowest BCUT2D eigenvalue weighted by atomic mass is 10.2. The van der Waals surface area contributed by atoms with E-state index in [4.69, 9.17) is 4.74 Å². The van der Waals surface area contributed by atoms with Crippen molar-refractivity contribution in [3.05, 3.63) is 59.3 Å². The van der Waals surface area contributed by atoms with Crippen LogP contribution in [0, 0.1) is 0 Å². The molecule has 3 heterocycles. The van der Waals surface area contributed by atoms with Crippen LogP contribution in [0.4, 0.5) is 0 Å². The monoisotopic (exact) mass is 306 g/mol. The molecule has 23 heavy (non-hydrogen) atoms. The van der Waals surface area contributed by atoms with Crippen molar-refractivity contribution >= 4 is 22.1 Å². The van der Waals surface area contributed by atoms with Crippen LogP contribution in [0.1, 0.15) is 6.92 Å². The van der Waals surface area contributed by atoms with E-state index >= 15 is 0 Å². The maximum atomic E-state index is 12.4. The lowest BCUT2D eigenvalue weighted by molar-refractivity contribution is 0.343. The predicted molar refractivity (Wildman–Crippen MR) is 88.2 cm³/mol. The highest BCUT2D eigenvalue weighted by Gasteiger charge is 2.14. The van der Waals surface area contributed by atoms with Crippen LogP contribution >= 0.6 is 0 Å². The molecule has 0 unspecified atom stereocenters. The number of aromatic amines is 1. The molecule has 0 atom stereocenters.